The first-order valence-corrected chi connectivity index (χ1v) is 10.5. The van der Waals surface area contributed by atoms with E-state index in [0.717, 1.165) is 21.3 Å². The Morgan fingerprint density at radius 2 is 2.00 bits per heavy atom. The van der Waals surface area contributed by atoms with Gasteiger partial charge in [-0.3, -0.25) is 15.6 Å². The zero-order chi connectivity index (χ0) is 21.8. The highest BCUT2D eigenvalue weighted by Crippen LogP contribution is 2.28. The number of aromatic nitrogens is 1. The zero-order valence-electron chi connectivity index (χ0n) is 16.5. The van der Waals surface area contributed by atoms with Crippen LogP contribution in [0.15, 0.2) is 48.5 Å². The lowest BCUT2D eigenvalue weighted by atomic mass is 10.1. The number of nitrogens with zero attached hydrogens (tertiary/aromatic N) is 1. The lowest BCUT2D eigenvalue weighted by Crippen LogP contribution is -2.39. The molecule has 1 aliphatic heterocycles. The molecule has 31 heavy (non-hydrogen) atoms. The molecule has 3 N–H and O–H groups in total. The number of rotatable bonds is 6. The van der Waals surface area contributed by atoms with Crippen molar-refractivity contribution in [3.63, 3.8) is 0 Å². The number of hydrogen-bond acceptors (Lipinski definition) is 8. The summed E-state index contributed by atoms with van der Waals surface area (Å²) in [6.07, 6.45) is 0.184. The van der Waals surface area contributed by atoms with Gasteiger partial charge in [0.15, 0.2) is 11.8 Å². The largest absolute Gasteiger partial charge is 0.464 e. The van der Waals surface area contributed by atoms with E-state index in [9.17, 15) is 9.59 Å². The van der Waals surface area contributed by atoms with Crippen LogP contribution in [0.3, 0.4) is 0 Å². The third kappa shape index (κ3) is 5.13. The number of carbonyl (C=O) groups excluding carboxylic acids is 2. The van der Waals surface area contributed by atoms with Gasteiger partial charge in [-0.1, -0.05) is 36.4 Å². The number of thiazole rings is 1. The summed E-state index contributed by atoms with van der Waals surface area (Å²) in [6.45, 7) is 0.275. The average Bonchev–Trinajstić information content (AvgIpc) is 3.32. The number of cyclic esters (lactones) is 1. The van der Waals surface area contributed by atoms with E-state index in [-0.39, 0.29) is 32.7 Å². The van der Waals surface area contributed by atoms with Gasteiger partial charge in [0.1, 0.15) is 17.5 Å². The molecule has 1 amide bonds. The van der Waals surface area contributed by atoms with Crippen LogP contribution in [0.25, 0.3) is 21.3 Å². The molecule has 1 unspecified atom stereocenters. The van der Waals surface area contributed by atoms with Gasteiger partial charge in [-0.2, -0.15) is 0 Å². The third-order valence-corrected chi connectivity index (χ3v) is 5.71. The van der Waals surface area contributed by atoms with Gasteiger partial charge < -0.3 is 14.8 Å². The maximum atomic E-state index is 11.9. The highest BCUT2D eigenvalue weighted by molar-refractivity contribution is 7.18. The fourth-order valence-electron chi connectivity index (χ4n) is 3.23. The van der Waals surface area contributed by atoms with Crippen LogP contribution in [0.5, 0.6) is 0 Å². The van der Waals surface area contributed by atoms with Crippen LogP contribution in [-0.4, -0.2) is 41.3 Å². The van der Waals surface area contributed by atoms with Crippen molar-refractivity contribution < 1.29 is 20.5 Å². The maximum Gasteiger partial charge on any atom is 0.328 e. The van der Waals surface area contributed by atoms with Crippen molar-refractivity contribution in [2.75, 3.05) is 6.61 Å². The number of esters is 1. The Bertz CT molecular complexity index is 1170. The number of fused-ring (bicyclic) bond motifs is 1. The van der Waals surface area contributed by atoms with Crippen LogP contribution >= 0.6 is 11.3 Å². The summed E-state index contributed by atoms with van der Waals surface area (Å²) >= 11 is 1.46. The first-order valence-electron chi connectivity index (χ1n) is 9.71. The molecule has 160 valence electrons. The smallest absolute Gasteiger partial charge is 0.328 e. The minimum atomic E-state index is -0.678. The monoisotopic (exact) mass is 438 g/mol. The molecule has 9 heteroatoms. The molecular weight excluding hydrogens is 416 g/mol. The van der Waals surface area contributed by atoms with E-state index in [1.54, 1.807) is 0 Å². The van der Waals surface area contributed by atoms with Gasteiger partial charge in [-0.15, -0.1) is 11.3 Å². The Hall–Kier alpha value is -3.59. The predicted molar refractivity (Wildman–Crippen MR) is 120 cm³/mol. The molecule has 1 atom stereocenters. The van der Waals surface area contributed by atoms with Crippen LogP contribution < -0.4 is 5.32 Å². The molecule has 2 heterocycles. The number of nitrogens with one attached hydrogen (secondary N) is 3. The summed E-state index contributed by atoms with van der Waals surface area (Å²) in [5.74, 6) is -1.52. The topological polar surface area (TPSA) is 125 Å². The van der Waals surface area contributed by atoms with E-state index in [1.165, 1.54) is 11.3 Å². The van der Waals surface area contributed by atoms with Crippen molar-refractivity contribution in [3.05, 3.63) is 53.5 Å². The van der Waals surface area contributed by atoms with Gasteiger partial charge >= 0.3 is 5.97 Å². The molecule has 3 aromatic rings. The SMILES string of the molecule is N=C(CC(=O)NC1CCOC1=O)OC(=N)Cc1nc2ccc(-c3ccccc3)cc2s1.[HH]. The molecule has 2 aromatic carbocycles. The van der Waals surface area contributed by atoms with Crippen LogP contribution in [0.1, 0.15) is 19.3 Å². The van der Waals surface area contributed by atoms with E-state index in [4.69, 9.17) is 20.3 Å². The second kappa shape index (κ2) is 9.05. The summed E-state index contributed by atoms with van der Waals surface area (Å²) in [5.41, 5.74) is 3.05. The summed E-state index contributed by atoms with van der Waals surface area (Å²) in [6, 6.07) is 15.4. The summed E-state index contributed by atoms with van der Waals surface area (Å²) in [5, 5.41) is 19.0. The van der Waals surface area contributed by atoms with Crippen molar-refractivity contribution >= 4 is 45.2 Å². The summed E-state index contributed by atoms with van der Waals surface area (Å²) in [7, 11) is 0. The molecule has 0 saturated carbocycles. The van der Waals surface area contributed by atoms with Crippen LogP contribution in [0.4, 0.5) is 0 Å². The third-order valence-electron chi connectivity index (χ3n) is 4.69. The van der Waals surface area contributed by atoms with Gasteiger partial charge in [0.25, 0.3) is 0 Å². The van der Waals surface area contributed by atoms with Gasteiger partial charge in [0.2, 0.25) is 5.91 Å². The zero-order valence-corrected chi connectivity index (χ0v) is 17.3. The molecule has 0 aliphatic carbocycles. The fourth-order valence-corrected chi connectivity index (χ4v) is 4.24. The van der Waals surface area contributed by atoms with E-state index >= 15 is 0 Å². The lowest BCUT2D eigenvalue weighted by molar-refractivity contribution is -0.141. The molecule has 0 bridgehead atoms. The Balaban J connectivity index is 0.00000289. The number of ether oxygens (including phenoxy) is 2. The number of hydrogen-bond donors (Lipinski definition) is 3. The van der Waals surface area contributed by atoms with E-state index in [1.807, 2.05) is 42.5 Å². The fraction of sp³-hybridized carbons (Fsp3) is 0.227. The Morgan fingerprint density at radius 3 is 2.74 bits per heavy atom. The quantitative estimate of drug-likeness (QED) is 0.308. The number of amides is 1. The average molecular weight is 439 g/mol. The second-order valence-corrected chi connectivity index (χ2v) is 8.15. The van der Waals surface area contributed by atoms with Crippen LogP contribution in [0, 0.1) is 10.8 Å². The Kier molecular flexibility index (Phi) is 6.03. The number of carbonyl (C=O) groups is 2. The molecule has 1 saturated heterocycles. The first kappa shape index (κ1) is 20.7. The van der Waals surface area contributed by atoms with E-state index in [0.29, 0.717) is 11.4 Å². The van der Waals surface area contributed by atoms with Crippen molar-refractivity contribution in [2.45, 2.75) is 25.3 Å². The molecule has 1 aliphatic rings. The lowest BCUT2D eigenvalue weighted by Gasteiger charge is -2.10. The van der Waals surface area contributed by atoms with Crippen molar-refractivity contribution in [1.29, 1.82) is 10.8 Å². The van der Waals surface area contributed by atoms with Crippen molar-refractivity contribution in [1.82, 2.24) is 10.3 Å². The standard InChI is InChI=1S/C22H20N4O4S.H2/c23-18(11-20(27)25-16-8-9-29-22(16)28)30-19(24)12-21-26-15-7-6-14(10-17(15)31-21)13-4-2-1-3-5-13;/h1-7,10,16,23-24H,8-9,11-12H2,(H,25,27);1H. The Morgan fingerprint density at radius 1 is 1.19 bits per heavy atom. The highest BCUT2D eigenvalue weighted by atomic mass is 32.1. The van der Waals surface area contributed by atoms with E-state index in [2.05, 4.69) is 16.4 Å². The maximum absolute atomic E-state index is 11.9. The normalized spacial score (nSPS) is 15.5. The summed E-state index contributed by atoms with van der Waals surface area (Å²) in [4.78, 5) is 27.9. The molecule has 0 radical (unpaired) electrons. The molecule has 1 aromatic heterocycles. The van der Waals surface area contributed by atoms with Crippen molar-refractivity contribution in [3.8, 4) is 11.1 Å². The minimum Gasteiger partial charge on any atom is -0.464 e. The summed E-state index contributed by atoms with van der Waals surface area (Å²) < 4.78 is 10.9. The molecular formula is C22H22N4O4S. The number of benzene rings is 2. The van der Waals surface area contributed by atoms with Gasteiger partial charge in [0.05, 0.1) is 23.2 Å². The van der Waals surface area contributed by atoms with Crippen LogP contribution in [0.2, 0.25) is 0 Å². The predicted octanol–water partition coefficient (Wildman–Crippen LogP) is 3.54. The van der Waals surface area contributed by atoms with Gasteiger partial charge in [-0.25, -0.2) is 9.78 Å². The second-order valence-electron chi connectivity index (χ2n) is 7.03. The van der Waals surface area contributed by atoms with Gasteiger partial charge in [-0.05, 0) is 23.3 Å². The Labute approximate surface area is 183 Å². The first-order chi connectivity index (χ1) is 15.0. The molecule has 8 nitrogen and oxygen atoms in total. The molecule has 0 spiro atoms. The van der Waals surface area contributed by atoms with Crippen LogP contribution in [-0.2, 0) is 25.5 Å². The minimum absolute atomic E-state index is 0. The highest BCUT2D eigenvalue weighted by Gasteiger charge is 2.28. The van der Waals surface area contributed by atoms with Crippen molar-refractivity contribution in [2.24, 2.45) is 0 Å². The van der Waals surface area contributed by atoms with Gasteiger partial charge in [0, 0.05) is 7.85 Å². The molecule has 1 fully saturated rings. The molecule has 4 rings (SSSR count). The van der Waals surface area contributed by atoms with E-state index < -0.39 is 17.9 Å².